The van der Waals surface area contributed by atoms with E-state index in [2.05, 4.69) is 11.4 Å². The number of carbonyl (C=O) groups excluding carboxylic acids is 1. The number of nitrogens with zero attached hydrogens (tertiary/aromatic N) is 2. The van der Waals surface area contributed by atoms with Crippen LogP contribution in [0.15, 0.2) is 0 Å². The molecule has 0 bridgehead atoms. The maximum atomic E-state index is 11.4. The van der Waals surface area contributed by atoms with Gasteiger partial charge in [0.05, 0.1) is 18.7 Å². The molecule has 0 aromatic carbocycles. The lowest BCUT2D eigenvalue weighted by Gasteiger charge is -2.26. The second kappa shape index (κ2) is 6.03. The highest BCUT2D eigenvalue weighted by molar-refractivity contribution is 5.67. The van der Waals surface area contributed by atoms with E-state index in [1.807, 2.05) is 0 Å². The number of hydrogen-bond acceptors (Lipinski definition) is 5. The van der Waals surface area contributed by atoms with Crippen LogP contribution in [0.5, 0.6) is 0 Å². The smallest absolute Gasteiger partial charge is 0.407 e. The fourth-order valence-corrected chi connectivity index (χ4v) is 1.89. The summed E-state index contributed by atoms with van der Waals surface area (Å²) in [5, 5.41) is 21.3. The van der Waals surface area contributed by atoms with Crippen LogP contribution < -0.4 is 5.32 Å². The molecule has 0 radical (unpaired) electrons. The molecule has 0 spiro atoms. The fraction of sp³-hybridized carbons (Fsp3) is 0.833. The molecule has 6 nitrogen and oxygen atoms in total. The molecule has 2 N–H and O–H groups in total. The zero-order valence-electron chi connectivity index (χ0n) is 11.1. The Hall–Kier alpha value is -1.32. The summed E-state index contributed by atoms with van der Waals surface area (Å²) < 4.78 is 5.06. The Kier molecular flexibility index (Phi) is 4.93. The molecule has 0 unspecified atom stereocenters. The zero-order chi connectivity index (χ0) is 13.8. The topological polar surface area (TPSA) is 85.6 Å². The average molecular weight is 255 g/mol. The predicted octanol–water partition coefficient (Wildman–Crippen LogP) is 0.817. The number of nitriles is 1. The van der Waals surface area contributed by atoms with Crippen LogP contribution in [0.4, 0.5) is 4.79 Å². The number of rotatable bonds is 3. The van der Waals surface area contributed by atoms with E-state index in [4.69, 9.17) is 10.00 Å². The molecule has 18 heavy (non-hydrogen) atoms. The Morgan fingerprint density at radius 3 is 2.89 bits per heavy atom. The fourth-order valence-electron chi connectivity index (χ4n) is 1.89. The molecule has 1 heterocycles. The van der Waals surface area contributed by atoms with Crippen LogP contribution in [0.3, 0.4) is 0 Å². The van der Waals surface area contributed by atoms with Crippen molar-refractivity contribution in [2.45, 2.75) is 51.5 Å². The van der Waals surface area contributed by atoms with Crippen molar-refractivity contribution in [1.82, 2.24) is 10.2 Å². The monoisotopic (exact) mass is 255 g/mol. The molecule has 1 aliphatic rings. The van der Waals surface area contributed by atoms with Gasteiger partial charge in [-0.1, -0.05) is 0 Å². The van der Waals surface area contributed by atoms with Gasteiger partial charge in [-0.15, -0.1) is 0 Å². The summed E-state index contributed by atoms with van der Waals surface area (Å²) in [5.74, 6) is 0. The molecule has 1 amide bonds. The summed E-state index contributed by atoms with van der Waals surface area (Å²) in [4.78, 5) is 13.1. The predicted molar refractivity (Wildman–Crippen MR) is 65.6 cm³/mol. The molecule has 0 aromatic heterocycles. The van der Waals surface area contributed by atoms with Crippen LogP contribution in [-0.4, -0.2) is 47.1 Å². The molecule has 0 saturated carbocycles. The summed E-state index contributed by atoms with van der Waals surface area (Å²) in [5.41, 5.74) is -0.558. The third-order valence-corrected chi connectivity index (χ3v) is 2.65. The Morgan fingerprint density at radius 2 is 2.33 bits per heavy atom. The number of carbonyl (C=O) groups is 1. The van der Waals surface area contributed by atoms with Crippen molar-refractivity contribution < 1.29 is 14.6 Å². The lowest BCUT2D eigenvalue weighted by Crippen LogP contribution is -2.46. The van der Waals surface area contributed by atoms with Gasteiger partial charge in [-0.05, 0) is 33.6 Å². The van der Waals surface area contributed by atoms with E-state index in [0.717, 1.165) is 12.8 Å². The second-order valence-electron chi connectivity index (χ2n) is 5.39. The normalized spacial score (nSPS) is 22.3. The van der Waals surface area contributed by atoms with Gasteiger partial charge in [0.25, 0.3) is 0 Å². The zero-order valence-corrected chi connectivity index (χ0v) is 11.1. The molecule has 0 aromatic rings. The number of nitrogens with one attached hydrogen (secondary N) is 1. The molecule has 1 saturated heterocycles. The van der Waals surface area contributed by atoms with Crippen LogP contribution in [0.1, 0.15) is 33.6 Å². The standard InChI is InChI=1S/C12H21N3O3/c1-12(2,3)18-11(17)14-8-10(16)15-6-4-5-9(15)7-13/h9-10,16H,4-6,8H2,1-3H3,(H,14,17)/t9-,10-/m0/s1. The van der Waals surface area contributed by atoms with Crippen molar-refractivity contribution in [1.29, 1.82) is 5.26 Å². The minimum absolute atomic E-state index is 0.0626. The van der Waals surface area contributed by atoms with Crippen molar-refractivity contribution in [2.24, 2.45) is 0 Å². The maximum absolute atomic E-state index is 11.4. The first-order valence-electron chi connectivity index (χ1n) is 6.14. The van der Waals surface area contributed by atoms with E-state index in [-0.39, 0.29) is 12.6 Å². The molecule has 6 heteroatoms. The van der Waals surface area contributed by atoms with Crippen LogP contribution in [0.25, 0.3) is 0 Å². The number of aliphatic hydroxyl groups excluding tert-OH is 1. The highest BCUT2D eigenvalue weighted by Crippen LogP contribution is 2.18. The third-order valence-electron chi connectivity index (χ3n) is 2.65. The maximum Gasteiger partial charge on any atom is 0.407 e. The largest absolute Gasteiger partial charge is 0.444 e. The number of aliphatic hydroxyl groups is 1. The molecule has 0 aliphatic carbocycles. The lowest BCUT2D eigenvalue weighted by molar-refractivity contribution is 0.00211. The van der Waals surface area contributed by atoms with Gasteiger partial charge in [0.15, 0.2) is 0 Å². The van der Waals surface area contributed by atoms with Gasteiger partial charge in [-0.2, -0.15) is 5.26 Å². The first-order chi connectivity index (χ1) is 8.33. The number of hydrogen-bond donors (Lipinski definition) is 2. The average Bonchev–Trinajstić information content (AvgIpc) is 2.71. The Morgan fingerprint density at radius 1 is 1.67 bits per heavy atom. The number of alkyl carbamates (subject to hydrolysis) is 1. The van der Waals surface area contributed by atoms with Crippen LogP contribution >= 0.6 is 0 Å². The van der Waals surface area contributed by atoms with Gasteiger partial charge in [-0.25, -0.2) is 4.79 Å². The van der Waals surface area contributed by atoms with E-state index >= 15 is 0 Å². The third kappa shape index (κ3) is 4.51. The molecular weight excluding hydrogens is 234 g/mol. The van der Waals surface area contributed by atoms with Crippen LogP contribution in [0, 0.1) is 11.3 Å². The van der Waals surface area contributed by atoms with Crippen molar-refractivity contribution >= 4 is 6.09 Å². The van der Waals surface area contributed by atoms with Crippen LogP contribution in [-0.2, 0) is 4.74 Å². The number of likely N-dealkylation sites (tertiary alicyclic amines) is 1. The molecule has 102 valence electrons. The quantitative estimate of drug-likeness (QED) is 0.779. The van der Waals surface area contributed by atoms with Crippen molar-refractivity contribution in [3.8, 4) is 6.07 Å². The summed E-state index contributed by atoms with van der Waals surface area (Å²) in [6.45, 7) is 6.06. The minimum Gasteiger partial charge on any atom is -0.444 e. The van der Waals surface area contributed by atoms with Gasteiger partial charge in [0, 0.05) is 6.54 Å². The van der Waals surface area contributed by atoms with Gasteiger partial charge in [-0.3, -0.25) is 4.90 Å². The first-order valence-corrected chi connectivity index (χ1v) is 6.14. The Labute approximate surface area is 108 Å². The van der Waals surface area contributed by atoms with E-state index in [1.54, 1.807) is 25.7 Å². The summed E-state index contributed by atoms with van der Waals surface area (Å²) in [6.07, 6.45) is 0.251. The van der Waals surface area contributed by atoms with E-state index in [0.29, 0.717) is 6.54 Å². The lowest BCUT2D eigenvalue weighted by atomic mass is 10.2. The van der Waals surface area contributed by atoms with Gasteiger partial charge in [0.2, 0.25) is 0 Å². The number of ether oxygens (including phenoxy) is 1. The summed E-state index contributed by atoms with van der Waals surface area (Å²) in [7, 11) is 0. The Balaban J connectivity index is 2.35. The Bertz CT molecular complexity index is 332. The summed E-state index contributed by atoms with van der Waals surface area (Å²) >= 11 is 0. The molecule has 1 rings (SSSR count). The highest BCUT2D eigenvalue weighted by atomic mass is 16.6. The highest BCUT2D eigenvalue weighted by Gasteiger charge is 2.29. The van der Waals surface area contributed by atoms with Gasteiger partial charge >= 0.3 is 6.09 Å². The van der Waals surface area contributed by atoms with Crippen LogP contribution in [0.2, 0.25) is 0 Å². The van der Waals surface area contributed by atoms with Crippen molar-refractivity contribution in [2.75, 3.05) is 13.1 Å². The van der Waals surface area contributed by atoms with E-state index in [9.17, 15) is 9.90 Å². The SMILES string of the molecule is CC(C)(C)OC(=O)NC[C@H](O)N1CCC[C@H]1C#N. The van der Waals surface area contributed by atoms with E-state index in [1.165, 1.54) is 0 Å². The van der Waals surface area contributed by atoms with Gasteiger partial charge in [0.1, 0.15) is 11.8 Å². The number of amides is 1. The van der Waals surface area contributed by atoms with Crippen molar-refractivity contribution in [3.63, 3.8) is 0 Å². The minimum atomic E-state index is -0.843. The molecule has 1 fully saturated rings. The summed E-state index contributed by atoms with van der Waals surface area (Å²) in [6, 6.07) is 1.88. The molecule has 2 atom stereocenters. The van der Waals surface area contributed by atoms with Gasteiger partial charge < -0.3 is 15.2 Å². The van der Waals surface area contributed by atoms with Crippen molar-refractivity contribution in [3.05, 3.63) is 0 Å². The molecule has 1 aliphatic heterocycles. The molecular formula is C12H21N3O3. The second-order valence-corrected chi connectivity index (χ2v) is 5.39. The first kappa shape index (κ1) is 14.7. The van der Waals surface area contributed by atoms with E-state index < -0.39 is 17.9 Å².